The Morgan fingerprint density at radius 1 is 0.913 bits per heavy atom. The second kappa shape index (κ2) is 7.43. The van der Waals surface area contributed by atoms with Gasteiger partial charge in [0.1, 0.15) is 0 Å². The van der Waals surface area contributed by atoms with Crippen molar-refractivity contribution in [2.75, 3.05) is 13.2 Å². The lowest BCUT2D eigenvalue weighted by molar-refractivity contribution is 0.248. The first-order valence-corrected chi connectivity index (χ1v) is 10.3. The molecule has 1 unspecified atom stereocenters. The predicted octanol–water partition coefficient (Wildman–Crippen LogP) is 3.16. The first-order chi connectivity index (χ1) is 10.9. The standard InChI is InChI=1S/C20H29NOSi/c1-17(15-21)16-22-23(20(2,3)4,18-11-7-5-8-12-18)19-13-9-6-10-14-19/h5-14,17H,15-16,21H2,1-4H3. The van der Waals surface area contributed by atoms with Crippen LogP contribution in [0, 0.1) is 5.92 Å². The number of rotatable bonds is 6. The van der Waals surface area contributed by atoms with Gasteiger partial charge in [-0.25, -0.2) is 0 Å². The van der Waals surface area contributed by atoms with Crippen LogP contribution in [-0.4, -0.2) is 21.5 Å². The molecule has 2 nitrogen and oxygen atoms in total. The molecule has 0 aromatic heterocycles. The minimum atomic E-state index is -2.38. The highest BCUT2D eigenvalue weighted by atomic mass is 28.4. The molecular weight excluding hydrogens is 298 g/mol. The Morgan fingerprint density at radius 2 is 1.35 bits per heavy atom. The van der Waals surface area contributed by atoms with Crippen LogP contribution in [0.25, 0.3) is 0 Å². The molecule has 0 amide bonds. The largest absolute Gasteiger partial charge is 0.407 e. The normalized spacial score (nSPS) is 13.8. The van der Waals surface area contributed by atoms with E-state index >= 15 is 0 Å². The molecule has 0 aliphatic carbocycles. The van der Waals surface area contributed by atoms with E-state index in [0.717, 1.165) is 0 Å². The summed E-state index contributed by atoms with van der Waals surface area (Å²) in [6, 6.07) is 21.5. The highest BCUT2D eigenvalue weighted by molar-refractivity contribution is 6.99. The van der Waals surface area contributed by atoms with Gasteiger partial charge in [-0.3, -0.25) is 0 Å². The van der Waals surface area contributed by atoms with Gasteiger partial charge in [0.15, 0.2) is 0 Å². The fourth-order valence-corrected chi connectivity index (χ4v) is 7.79. The molecule has 1 atom stereocenters. The third kappa shape index (κ3) is 3.74. The Kier molecular flexibility index (Phi) is 5.79. The topological polar surface area (TPSA) is 35.2 Å². The quantitative estimate of drug-likeness (QED) is 0.827. The van der Waals surface area contributed by atoms with E-state index < -0.39 is 8.32 Å². The molecule has 0 heterocycles. The molecule has 0 saturated carbocycles. The van der Waals surface area contributed by atoms with Crippen molar-refractivity contribution in [1.82, 2.24) is 0 Å². The van der Waals surface area contributed by atoms with Gasteiger partial charge in [0.25, 0.3) is 8.32 Å². The summed E-state index contributed by atoms with van der Waals surface area (Å²) in [6.07, 6.45) is 0. The van der Waals surface area contributed by atoms with Crippen molar-refractivity contribution in [2.24, 2.45) is 11.7 Å². The van der Waals surface area contributed by atoms with Crippen molar-refractivity contribution in [3.63, 3.8) is 0 Å². The maximum atomic E-state index is 6.78. The average Bonchev–Trinajstić information content (AvgIpc) is 2.56. The summed E-state index contributed by atoms with van der Waals surface area (Å²) in [5, 5.41) is 2.68. The molecule has 0 bridgehead atoms. The van der Waals surface area contributed by atoms with Crippen LogP contribution in [0.15, 0.2) is 60.7 Å². The van der Waals surface area contributed by atoms with Crippen LogP contribution < -0.4 is 16.1 Å². The van der Waals surface area contributed by atoms with E-state index in [1.807, 2.05) is 0 Å². The molecule has 0 aliphatic heterocycles. The number of benzene rings is 2. The third-order valence-electron chi connectivity index (χ3n) is 4.40. The summed E-state index contributed by atoms with van der Waals surface area (Å²) >= 11 is 0. The second-order valence-corrected chi connectivity index (χ2v) is 11.6. The lowest BCUT2D eigenvalue weighted by Crippen LogP contribution is -2.67. The maximum absolute atomic E-state index is 6.78. The molecule has 0 radical (unpaired) electrons. The monoisotopic (exact) mass is 327 g/mol. The van der Waals surface area contributed by atoms with Crippen molar-refractivity contribution in [1.29, 1.82) is 0 Å². The van der Waals surface area contributed by atoms with E-state index in [9.17, 15) is 0 Å². The first kappa shape index (κ1) is 17.9. The highest BCUT2D eigenvalue weighted by Crippen LogP contribution is 2.36. The van der Waals surface area contributed by atoms with Gasteiger partial charge in [-0.05, 0) is 27.9 Å². The zero-order chi connectivity index (χ0) is 16.9. The molecule has 2 aromatic carbocycles. The van der Waals surface area contributed by atoms with Gasteiger partial charge in [-0.1, -0.05) is 88.4 Å². The number of hydrogen-bond acceptors (Lipinski definition) is 2. The first-order valence-electron chi connectivity index (χ1n) is 8.37. The maximum Gasteiger partial charge on any atom is 0.261 e. The predicted molar refractivity (Wildman–Crippen MR) is 102 cm³/mol. The van der Waals surface area contributed by atoms with Crippen LogP contribution in [0.1, 0.15) is 27.7 Å². The van der Waals surface area contributed by atoms with E-state index in [4.69, 9.17) is 10.2 Å². The summed E-state index contributed by atoms with van der Waals surface area (Å²) in [6.45, 7) is 10.4. The van der Waals surface area contributed by atoms with Crippen molar-refractivity contribution >= 4 is 18.7 Å². The number of nitrogens with two attached hydrogens (primary N) is 1. The molecule has 2 aromatic rings. The van der Waals surface area contributed by atoms with Crippen molar-refractivity contribution in [2.45, 2.75) is 32.7 Å². The Hall–Kier alpha value is -1.42. The Balaban J connectivity index is 2.60. The number of hydrogen-bond donors (Lipinski definition) is 1. The van der Waals surface area contributed by atoms with E-state index in [0.29, 0.717) is 19.1 Å². The van der Waals surface area contributed by atoms with Crippen molar-refractivity contribution in [3.8, 4) is 0 Å². The highest BCUT2D eigenvalue weighted by Gasteiger charge is 2.50. The minimum Gasteiger partial charge on any atom is -0.407 e. The molecular formula is C20H29NOSi. The molecule has 124 valence electrons. The average molecular weight is 328 g/mol. The van der Waals surface area contributed by atoms with Gasteiger partial charge in [-0.15, -0.1) is 0 Å². The minimum absolute atomic E-state index is 0.0318. The van der Waals surface area contributed by atoms with E-state index in [2.05, 4.69) is 88.4 Å². The zero-order valence-electron chi connectivity index (χ0n) is 14.8. The van der Waals surface area contributed by atoms with Gasteiger partial charge in [0.2, 0.25) is 0 Å². The fourth-order valence-electron chi connectivity index (χ4n) is 3.10. The molecule has 0 spiro atoms. The van der Waals surface area contributed by atoms with Crippen LogP contribution >= 0.6 is 0 Å². The van der Waals surface area contributed by atoms with E-state index in [1.54, 1.807) is 0 Å². The van der Waals surface area contributed by atoms with Crippen LogP contribution in [0.3, 0.4) is 0 Å². The fraction of sp³-hybridized carbons (Fsp3) is 0.400. The zero-order valence-corrected chi connectivity index (χ0v) is 15.8. The van der Waals surface area contributed by atoms with Crippen LogP contribution in [0.2, 0.25) is 5.04 Å². The summed E-state index contributed by atoms with van der Waals surface area (Å²) < 4.78 is 6.78. The van der Waals surface area contributed by atoms with Crippen molar-refractivity contribution < 1.29 is 4.43 Å². The molecule has 2 rings (SSSR count). The van der Waals surface area contributed by atoms with Gasteiger partial charge < -0.3 is 10.2 Å². The molecule has 0 fully saturated rings. The molecule has 0 aliphatic rings. The van der Waals surface area contributed by atoms with Gasteiger partial charge in [0.05, 0.1) is 0 Å². The summed E-state index contributed by atoms with van der Waals surface area (Å²) in [5.74, 6) is 0.358. The SMILES string of the molecule is CC(CN)CO[Si](c1ccccc1)(c1ccccc1)C(C)(C)C. The summed E-state index contributed by atoms with van der Waals surface area (Å²) in [5.41, 5.74) is 5.82. The Bertz CT molecular complexity index is 553. The van der Waals surface area contributed by atoms with Gasteiger partial charge in [-0.2, -0.15) is 0 Å². The second-order valence-electron chi connectivity index (χ2n) is 7.32. The Morgan fingerprint density at radius 3 is 1.70 bits per heavy atom. The lowest BCUT2D eigenvalue weighted by atomic mass is 10.2. The van der Waals surface area contributed by atoms with Crippen LogP contribution in [0.5, 0.6) is 0 Å². The molecule has 23 heavy (non-hydrogen) atoms. The van der Waals surface area contributed by atoms with Crippen LogP contribution in [0.4, 0.5) is 0 Å². The van der Waals surface area contributed by atoms with E-state index in [-0.39, 0.29) is 5.04 Å². The Labute approximate surface area is 141 Å². The van der Waals surface area contributed by atoms with Crippen LogP contribution in [-0.2, 0) is 4.43 Å². The van der Waals surface area contributed by atoms with Gasteiger partial charge in [0, 0.05) is 6.61 Å². The van der Waals surface area contributed by atoms with Crippen molar-refractivity contribution in [3.05, 3.63) is 60.7 Å². The smallest absolute Gasteiger partial charge is 0.261 e. The summed E-state index contributed by atoms with van der Waals surface area (Å²) in [7, 11) is -2.38. The lowest BCUT2D eigenvalue weighted by Gasteiger charge is -2.43. The summed E-state index contributed by atoms with van der Waals surface area (Å²) in [4.78, 5) is 0. The molecule has 2 N–H and O–H groups in total. The molecule has 0 saturated heterocycles. The van der Waals surface area contributed by atoms with E-state index in [1.165, 1.54) is 10.4 Å². The molecule has 3 heteroatoms. The van der Waals surface area contributed by atoms with Gasteiger partial charge >= 0.3 is 0 Å². The third-order valence-corrected chi connectivity index (χ3v) is 9.41.